The summed E-state index contributed by atoms with van der Waals surface area (Å²) < 4.78 is 0. The Kier molecular flexibility index (Phi) is 7.39. The molecule has 0 rings (SSSR count). The maximum absolute atomic E-state index is 11.5. The molecule has 0 saturated heterocycles. The summed E-state index contributed by atoms with van der Waals surface area (Å²) in [6.45, 7) is 8.45. The van der Waals surface area contributed by atoms with Crippen LogP contribution in [-0.4, -0.2) is 18.0 Å². The lowest BCUT2D eigenvalue weighted by Gasteiger charge is -2.16. The van der Waals surface area contributed by atoms with Gasteiger partial charge in [-0.1, -0.05) is 20.8 Å². The van der Waals surface area contributed by atoms with Crippen molar-refractivity contribution in [1.82, 2.24) is 5.32 Å². The van der Waals surface area contributed by atoms with Gasteiger partial charge in [0.2, 0.25) is 5.91 Å². The van der Waals surface area contributed by atoms with Crippen molar-refractivity contribution < 1.29 is 4.79 Å². The molecule has 2 atom stereocenters. The van der Waals surface area contributed by atoms with Crippen molar-refractivity contribution in [2.75, 3.05) is 0 Å². The first kappa shape index (κ1) is 14.4. The van der Waals surface area contributed by atoms with Crippen LogP contribution < -0.4 is 11.1 Å². The Morgan fingerprint density at radius 3 is 2.33 bits per heavy atom. The lowest BCUT2D eigenvalue weighted by molar-refractivity contribution is -0.122. The van der Waals surface area contributed by atoms with Crippen molar-refractivity contribution >= 4 is 5.91 Å². The van der Waals surface area contributed by atoms with Gasteiger partial charge in [-0.25, -0.2) is 0 Å². The molecule has 0 saturated carbocycles. The molecule has 15 heavy (non-hydrogen) atoms. The lowest BCUT2D eigenvalue weighted by Crippen LogP contribution is -2.36. The maximum Gasteiger partial charge on any atom is 0.221 e. The first-order chi connectivity index (χ1) is 6.95. The molecule has 0 fully saturated rings. The molecule has 0 aromatic rings. The van der Waals surface area contributed by atoms with Crippen LogP contribution in [0, 0.1) is 5.92 Å². The minimum absolute atomic E-state index is 0.00213. The number of carbonyl (C=O) groups is 1. The minimum Gasteiger partial charge on any atom is -0.354 e. The fourth-order valence-electron chi connectivity index (χ4n) is 1.37. The summed E-state index contributed by atoms with van der Waals surface area (Å²) in [5.41, 5.74) is 5.71. The Morgan fingerprint density at radius 1 is 1.27 bits per heavy atom. The zero-order valence-corrected chi connectivity index (χ0v) is 10.5. The van der Waals surface area contributed by atoms with Crippen LogP contribution in [0.1, 0.15) is 53.4 Å². The number of amides is 1. The Bertz CT molecular complexity index is 180. The second-order valence-electron chi connectivity index (χ2n) is 4.81. The minimum atomic E-state index is 0.00213. The van der Waals surface area contributed by atoms with Crippen molar-refractivity contribution in [1.29, 1.82) is 0 Å². The molecule has 2 unspecified atom stereocenters. The third-order valence-corrected chi connectivity index (χ3v) is 2.56. The monoisotopic (exact) mass is 214 g/mol. The smallest absolute Gasteiger partial charge is 0.221 e. The van der Waals surface area contributed by atoms with E-state index in [1.54, 1.807) is 0 Å². The van der Waals surface area contributed by atoms with E-state index in [9.17, 15) is 4.79 Å². The van der Waals surface area contributed by atoms with Crippen molar-refractivity contribution in [2.24, 2.45) is 11.7 Å². The third-order valence-electron chi connectivity index (χ3n) is 2.56. The van der Waals surface area contributed by atoms with E-state index in [1.165, 1.54) is 0 Å². The van der Waals surface area contributed by atoms with E-state index in [-0.39, 0.29) is 18.0 Å². The standard InChI is InChI=1S/C12H26N2O/c1-5-11(13)8-12(15)14-10(4)7-6-9(2)3/h9-11H,5-8,13H2,1-4H3,(H,14,15). The summed E-state index contributed by atoms with van der Waals surface area (Å²) in [6, 6.07) is 0.270. The fraction of sp³-hybridized carbons (Fsp3) is 0.917. The van der Waals surface area contributed by atoms with Gasteiger partial charge in [-0.15, -0.1) is 0 Å². The van der Waals surface area contributed by atoms with Gasteiger partial charge in [-0.05, 0) is 32.1 Å². The third kappa shape index (κ3) is 8.43. The maximum atomic E-state index is 11.5. The summed E-state index contributed by atoms with van der Waals surface area (Å²) in [4.78, 5) is 11.5. The van der Waals surface area contributed by atoms with Gasteiger partial charge in [0.25, 0.3) is 0 Å². The van der Waals surface area contributed by atoms with Gasteiger partial charge in [-0.2, -0.15) is 0 Å². The number of nitrogens with one attached hydrogen (secondary N) is 1. The quantitative estimate of drug-likeness (QED) is 0.681. The Morgan fingerprint density at radius 2 is 1.87 bits per heavy atom. The fourth-order valence-corrected chi connectivity index (χ4v) is 1.37. The van der Waals surface area contributed by atoms with Crippen LogP contribution in [0.4, 0.5) is 0 Å². The number of rotatable bonds is 7. The molecule has 3 nitrogen and oxygen atoms in total. The van der Waals surface area contributed by atoms with Gasteiger partial charge in [0.05, 0.1) is 0 Å². The Hall–Kier alpha value is -0.570. The van der Waals surface area contributed by atoms with Gasteiger partial charge in [0, 0.05) is 18.5 Å². The molecule has 0 aliphatic rings. The number of hydrogen-bond acceptors (Lipinski definition) is 2. The molecule has 0 aliphatic carbocycles. The van der Waals surface area contributed by atoms with E-state index in [4.69, 9.17) is 5.73 Å². The average molecular weight is 214 g/mol. The van der Waals surface area contributed by atoms with Crippen LogP contribution >= 0.6 is 0 Å². The number of carbonyl (C=O) groups excluding carboxylic acids is 1. The van der Waals surface area contributed by atoms with Crippen molar-refractivity contribution in [3.8, 4) is 0 Å². The van der Waals surface area contributed by atoms with Crippen molar-refractivity contribution in [2.45, 2.75) is 65.5 Å². The predicted octanol–water partition coefficient (Wildman–Crippen LogP) is 2.05. The van der Waals surface area contributed by atoms with Crippen molar-refractivity contribution in [3.63, 3.8) is 0 Å². The lowest BCUT2D eigenvalue weighted by atomic mass is 10.0. The van der Waals surface area contributed by atoms with E-state index in [0.717, 1.165) is 19.3 Å². The molecular weight excluding hydrogens is 188 g/mol. The Labute approximate surface area is 93.8 Å². The summed E-state index contributed by atoms with van der Waals surface area (Å²) >= 11 is 0. The molecule has 0 bridgehead atoms. The molecule has 0 radical (unpaired) electrons. The predicted molar refractivity (Wildman–Crippen MR) is 64.6 cm³/mol. The van der Waals surface area contributed by atoms with Gasteiger partial charge in [0.1, 0.15) is 0 Å². The van der Waals surface area contributed by atoms with Crippen LogP contribution in [-0.2, 0) is 4.79 Å². The highest BCUT2D eigenvalue weighted by atomic mass is 16.1. The number of nitrogens with two attached hydrogens (primary N) is 1. The van der Waals surface area contributed by atoms with E-state index in [2.05, 4.69) is 26.1 Å². The largest absolute Gasteiger partial charge is 0.354 e. The number of hydrogen-bond donors (Lipinski definition) is 2. The second-order valence-corrected chi connectivity index (χ2v) is 4.81. The van der Waals surface area contributed by atoms with Gasteiger partial charge in [-0.3, -0.25) is 4.79 Å². The van der Waals surface area contributed by atoms with Crippen molar-refractivity contribution in [3.05, 3.63) is 0 Å². The van der Waals surface area contributed by atoms with E-state index >= 15 is 0 Å². The average Bonchev–Trinajstić information content (AvgIpc) is 2.14. The molecule has 0 aromatic heterocycles. The van der Waals surface area contributed by atoms with E-state index < -0.39 is 0 Å². The van der Waals surface area contributed by atoms with Gasteiger partial charge < -0.3 is 11.1 Å². The zero-order valence-electron chi connectivity index (χ0n) is 10.5. The van der Waals surface area contributed by atoms with Crippen LogP contribution in [0.2, 0.25) is 0 Å². The Balaban J connectivity index is 3.66. The summed E-state index contributed by atoms with van der Waals surface area (Å²) in [5.74, 6) is 0.780. The molecular formula is C12H26N2O. The summed E-state index contributed by atoms with van der Waals surface area (Å²) in [6.07, 6.45) is 3.50. The van der Waals surface area contributed by atoms with Crippen LogP contribution in [0.25, 0.3) is 0 Å². The topological polar surface area (TPSA) is 55.1 Å². The first-order valence-corrected chi connectivity index (χ1v) is 6.00. The highest BCUT2D eigenvalue weighted by Gasteiger charge is 2.10. The molecule has 0 aromatic carbocycles. The molecule has 1 amide bonds. The van der Waals surface area contributed by atoms with Crippen LogP contribution in [0.5, 0.6) is 0 Å². The summed E-state index contributed by atoms with van der Waals surface area (Å²) in [7, 11) is 0. The normalized spacial score (nSPS) is 15.1. The molecule has 3 heteroatoms. The molecule has 3 N–H and O–H groups in total. The van der Waals surface area contributed by atoms with Crippen LogP contribution in [0.3, 0.4) is 0 Å². The highest BCUT2D eigenvalue weighted by Crippen LogP contribution is 2.06. The van der Waals surface area contributed by atoms with Gasteiger partial charge >= 0.3 is 0 Å². The molecule has 0 spiro atoms. The second kappa shape index (κ2) is 7.69. The SMILES string of the molecule is CCC(N)CC(=O)NC(C)CCC(C)C. The molecule has 0 heterocycles. The van der Waals surface area contributed by atoms with E-state index in [1.807, 2.05) is 6.92 Å². The zero-order chi connectivity index (χ0) is 11.8. The van der Waals surface area contributed by atoms with Gasteiger partial charge in [0.15, 0.2) is 0 Å². The first-order valence-electron chi connectivity index (χ1n) is 6.00. The van der Waals surface area contributed by atoms with E-state index in [0.29, 0.717) is 12.3 Å². The van der Waals surface area contributed by atoms with Crippen LogP contribution in [0.15, 0.2) is 0 Å². The highest BCUT2D eigenvalue weighted by molar-refractivity contribution is 5.76. The molecule has 0 aliphatic heterocycles. The molecule has 90 valence electrons. The summed E-state index contributed by atoms with van der Waals surface area (Å²) in [5, 5.41) is 2.98.